The Hall–Kier alpha value is -2.15. The van der Waals surface area contributed by atoms with Gasteiger partial charge in [-0.15, -0.1) is 0 Å². The predicted octanol–water partition coefficient (Wildman–Crippen LogP) is 1.13. The van der Waals surface area contributed by atoms with E-state index in [1.54, 1.807) is 6.20 Å². The van der Waals surface area contributed by atoms with Crippen molar-refractivity contribution < 1.29 is 9.53 Å². The van der Waals surface area contributed by atoms with Crippen molar-refractivity contribution in [2.45, 2.75) is 38.9 Å². The third kappa shape index (κ3) is 2.82. The number of carbonyl (C=O) groups is 1. The first-order valence-electron chi connectivity index (χ1n) is 7.13. The molecule has 2 atom stereocenters. The molecule has 3 N–H and O–H groups in total. The van der Waals surface area contributed by atoms with Crippen LogP contribution < -0.4 is 5.32 Å². The standard InChI is InChI=1S/C14H19N5O2/c1-8-5-11-12(9(2)21-8)18-19-13(11)14(20)15-4-3-10-6-16-17-7-10/h6-9H,3-5H2,1-2H3,(H,15,20)(H,16,17)(H,18,19)/t8-,9+/m1/s1. The zero-order valence-electron chi connectivity index (χ0n) is 12.1. The smallest absolute Gasteiger partial charge is 0.272 e. The van der Waals surface area contributed by atoms with Crippen LogP contribution in [0.4, 0.5) is 0 Å². The largest absolute Gasteiger partial charge is 0.369 e. The fourth-order valence-electron chi connectivity index (χ4n) is 2.68. The quantitative estimate of drug-likeness (QED) is 0.786. The van der Waals surface area contributed by atoms with E-state index in [2.05, 4.69) is 25.7 Å². The third-order valence-corrected chi connectivity index (χ3v) is 3.70. The maximum Gasteiger partial charge on any atom is 0.272 e. The summed E-state index contributed by atoms with van der Waals surface area (Å²) in [5.74, 6) is -0.141. The van der Waals surface area contributed by atoms with Gasteiger partial charge in [-0.2, -0.15) is 10.2 Å². The Bertz CT molecular complexity index is 619. The van der Waals surface area contributed by atoms with E-state index in [0.29, 0.717) is 18.7 Å². The summed E-state index contributed by atoms with van der Waals surface area (Å²) >= 11 is 0. The molecule has 3 heterocycles. The van der Waals surface area contributed by atoms with Crippen LogP contribution in [-0.4, -0.2) is 39.0 Å². The van der Waals surface area contributed by atoms with Crippen LogP contribution in [0.1, 0.15) is 47.3 Å². The number of amides is 1. The molecule has 0 unspecified atom stereocenters. The Kier molecular flexibility index (Phi) is 3.74. The van der Waals surface area contributed by atoms with Crippen molar-refractivity contribution in [1.29, 1.82) is 0 Å². The van der Waals surface area contributed by atoms with Gasteiger partial charge in [-0.25, -0.2) is 0 Å². The van der Waals surface area contributed by atoms with Crippen LogP contribution in [0.3, 0.4) is 0 Å². The van der Waals surface area contributed by atoms with Crippen LogP contribution in [0.25, 0.3) is 0 Å². The molecule has 7 heteroatoms. The van der Waals surface area contributed by atoms with Gasteiger partial charge in [0.1, 0.15) is 0 Å². The van der Waals surface area contributed by atoms with E-state index in [-0.39, 0.29) is 18.1 Å². The minimum Gasteiger partial charge on any atom is -0.369 e. The molecule has 0 aromatic carbocycles. The first-order chi connectivity index (χ1) is 10.1. The van der Waals surface area contributed by atoms with E-state index in [9.17, 15) is 4.79 Å². The van der Waals surface area contributed by atoms with E-state index in [0.717, 1.165) is 23.2 Å². The Balaban J connectivity index is 1.65. The van der Waals surface area contributed by atoms with Crippen LogP contribution in [-0.2, 0) is 17.6 Å². The molecule has 0 fully saturated rings. The van der Waals surface area contributed by atoms with Crippen molar-refractivity contribution >= 4 is 5.91 Å². The molecule has 21 heavy (non-hydrogen) atoms. The Morgan fingerprint density at radius 2 is 2.38 bits per heavy atom. The third-order valence-electron chi connectivity index (χ3n) is 3.70. The predicted molar refractivity (Wildman–Crippen MR) is 75.9 cm³/mol. The molecule has 0 saturated heterocycles. The highest BCUT2D eigenvalue weighted by molar-refractivity contribution is 5.94. The highest BCUT2D eigenvalue weighted by Gasteiger charge is 2.29. The summed E-state index contributed by atoms with van der Waals surface area (Å²) in [4.78, 5) is 12.3. The summed E-state index contributed by atoms with van der Waals surface area (Å²) in [5, 5.41) is 16.6. The average molecular weight is 289 g/mol. The van der Waals surface area contributed by atoms with Crippen molar-refractivity contribution in [1.82, 2.24) is 25.7 Å². The highest BCUT2D eigenvalue weighted by atomic mass is 16.5. The molecule has 1 aliphatic rings. The number of rotatable bonds is 4. The lowest BCUT2D eigenvalue weighted by Crippen LogP contribution is -2.29. The van der Waals surface area contributed by atoms with Gasteiger partial charge in [-0.1, -0.05) is 0 Å². The molecule has 0 aliphatic carbocycles. The van der Waals surface area contributed by atoms with Crippen LogP contribution in [0, 0.1) is 0 Å². The van der Waals surface area contributed by atoms with Gasteiger partial charge in [0.2, 0.25) is 0 Å². The van der Waals surface area contributed by atoms with Crippen molar-refractivity contribution in [3.05, 3.63) is 34.9 Å². The van der Waals surface area contributed by atoms with Gasteiger partial charge in [0.25, 0.3) is 5.91 Å². The number of hydrogen-bond donors (Lipinski definition) is 3. The molecule has 1 aliphatic heterocycles. The lowest BCUT2D eigenvalue weighted by Gasteiger charge is -2.25. The number of H-pyrrole nitrogens is 2. The number of fused-ring (bicyclic) bond motifs is 1. The molecule has 112 valence electrons. The van der Waals surface area contributed by atoms with Gasteiger partial charge in [0, 0.05) is 24.7 Å². The van der Waals surface area contributed by atoms with E-state index in [4.69, 9.17) is 4.74 Å². The molecule has 7 nitrogen and oxygen atoms in total. The molecule has 1 amide bonds. The first kappa shape index (κ1) is 13.8. The maximum absolute atomic E-state index is 12.3. The Morgan fingerprint density at radius 1 is 1.52 bits per heavy atom. The van der Waals surface area contributed by atoms with Gasteiger partial charge in [-0.3, -0.25) is 15.0 Å². The van der Waals surface area contributed by atoms with Gasteiger partial charge < -0.3 is 10.1 Å². The number of aromatic amines is 2. The normalized spacial score (nSPS) is 21.0. The van der Waals surface area contributed by atoms with Crippen LogP contribution in [0.15, 0.2) is 12.4 Å². The second-order valence-corrected chi connectivity index (χ2v) is 5.37. The number of nitrogens with zero attached hydrogens (tertiary/aromatic N) is 2. The maximum atomic E-state index is 12.3. The molecule has 2 aromatic rings. The average Bonchev–Trinajstić information content (AvgIpc) is 3.07. The molecular formula is C14H19N5O2. The summed E-state index contributed by atoms with van der Waals surface area (Å²) in [6.07, 6.45) is 5.07. The number of hydrogen-bond acceptors (Lipinski definition) is 4. The van der Waals surface area contributed by atoms with Crippen molar-refractivity contribution in [3.63, 3.8) is 0 Å². The number of nitrogens with one attached hydrogen (secondary N) is 3. The minimum absolute atomic E-state index is 0.0521. The topological polar surface area (TPSA) is 95.7 Å². The summed E-state index contributed by atoms with van der Waals surface area (Å²) in [6, 6.07) is 0. The highest BCUT2D eigenvalue weighted by Crippen LogP contribution is 2.29. The second kappa shape index (κ2) is 5.69. The molecule has 0 radical (unpaired) electrons. The summed E-state index contributed by atoms with van der Waals surface area (Å²) in [5.41, 5.74) is 3.43. The van der Waals surface area contributed by atoms with Crippen LogP contribution in [0.2, 0.25) is 0 Å². The van der Waals surface area contributed by atoms with Gasteiger partial charge >= 0.3 is 0 Å². The molecule has 0 spiro atoms. The molecule has 2 aromatic heterocycles. The molecule has 3 rings (SSSR count). The fourth-order valence-corrected chi connectivity index (χ4v) is 2.68. The lowest BCUT2D eigenvalue weighted by atomic mass is 9.99. The lowest BCUT2D eigenvalue weighted by molar-refractivity contribution is -0.00697. The SMILES string of the molecule is C[C@@H]1Cc2c(C(=O)NCCc3cn[nH]c3)n[nH]c2[C@H](C)O1. The second-order valence-electron chi connectivity index (χ2n) is 5.37. The van der Waals surface area contributed by atoms with E-state index in [1.807, 2.05) is 20.0 Å². The van der Waals surface area contributed by atoms with Crippen molar-refractivity contribution in [3.8, 4) is 0 Å². The number of carbonyl (C=O) groups excluding carboxylic acids is 1. The van der Waals surface area contributed by atoms with E-state index < -0.39 is 0 Å². The van der Waals surface area contributed by atoms with Crippen LogP contribution >= 0.6 is 0 Å². The number of aromatic nitrogens is 4. The first-order valence-corrected chi connectivity index (χ1v) is 7.13. The number of ether oxygens (including phenoxy) is 1. The summed E-state index contributed by atoms with van der Waals surface area (Å²) in [7, 11) is 0. The summed E-state index contributed by atoms with van der Waals surface area (Å²) in [6.45, 7) is 4.53. The molecule has 0 saturated carbocycles. The minimum atomic E-state index is -0.141. The molecular weight excluding hydrogens is 270 g/mol. The van der Waals surface area contributed by atoms with Gasteiger partial charge in [0.05, 0.1) is 24.1 Å². The van der Waals surface area contributed by atoms with Gasteiger partial charge in [0.15, 0.2) is 5.69 Å². The van der Waals surface area contributed by atoms with Crippen molar-refractivity contribution in [2.75, 3.05) is 6.54 Å². The van der Waals surface area contributed by atoms with Gasteiger partial charge in [-0.05, 0) is 25.8 Å². The summed E-state index contributed by atoms with van der Waals surface area (Å²) < 4.78 is 5.72. The zero-order valence-corrected chi connectivity index (χ0v) is 12.1. The van der Waals surface area contributed by atoms with E-state index >= 15 is 0 Å². The Labute approximate surface area is 122 Å². The Morgan fingerprint density at radius 3 is 3.14 bits per heavy atom. The van der Waals surface area contributed by atoms with Crippen LogP contribution in [0.5, 0.6) is 0 Å². The van der Waals surface area contributed by atoms with E-state index in [1.165, 1.54) is 0 Å². The fraction of sp³-hybridized carbons (Fsp3) is 0.500. The monoisotopic (exact) mass is 289 g/mol. The molecule has 0 bridgehead atoms. The van der Waals surface area contributed by atoms with Crippen molar-refractivity contribution in [2.24, 2.45) is 0 Å². The zero-order chi connectivity index (χ0) is 14.8.